The highest BCUT2D eigenvalue weighted by atomic mass is 16.6. The second kappa shape index (κ2) is 4.21. The van der Waals surface area contributed by atoms with Gasteiger partial charge in [-0.3, -0.25) is 0 Å². The third-order valence-electron chi connectivity index (χ3n) is 3.59. The quantitative estimate of drug-likeness (QED) is 0.649. The largest absolute Gasteiger partial charge is 0.444 e. The molecular formula is C13H20N2O2. The molecule has 1 amide bonds. The number of likely N-dealkylation sites (tertiary alicyclic amines) is 1. The van der Waals surface area contributed by atoms with Gasteiger partial charge in [-0.1, -0.05) is 0 Å². The van der Waals surface area contributed by atoms with Crippen LogP contribution in [0.4, 0.5) is 4.79 Å². The Hall–Kier alpha value is -1.24. The molecule has 1 aliphatic carbocycles. The number of carbonyl (C=O) groups excluding carboxylic acids is 1. The first-order valence-corrected chi connectivity index (χ1v) is 6.26. The highest BCUT2D eigenvalue weighted by molar-refractivity contribution is 5.68. The van der Waals surface area contributed by atoms with Crippen LogP contribution in [0.1, 0.15) is 33.6 Å². The summed E-state index contributed by atoms with van der Waals surface area (Å²) in [5.74, 6) is 1.21. The summed E-state index contributed by atoms with van der Waals surface area (Å²) in [7, 11) is 0. The van der Waals surface area contributed by atoms with Crippen molar-refractivity contribution in [3.63, 3.8) is 0 Å². The number of ether oxygens (including phenoxy) is 1. The molecule has 0 bridgehead atoms. The second-order valence-corrected chi connectivity index (χ2v) is 6.20. The normalized spacial score (nSPS) is 32.1. The second-order valence-electron chi connectivity index (χ2n) is 6.20. The predicted octanol–water partition coefficient (Wildman–Crippen LogP) is 2.40. The van der Waals surface area contributed by atoms with Crippen LogP contribution in [0.5, 0.6) is 0 Å². The lowest BCUT2D eigenvalue weighted by atomic mass is 10.0. The zero-order valence-electron chi connectivity index (χ0n) is 10.8. The molecule has 0 spiro atoms. The maximum atomic E-state index is 11.9. The van der Waals surface area contributed by atoms with Gasteiger partial charge in [-0.15, -0.1) is 0 Å². The lowest BCUT2D eigenvalue weighted by molar-refractivity contribution is 0.0279. The van der Waals surface area contributed by atoms with E-state index in [1.165, 1.54) is 0 Å². The number of nitrogens with zero attached hydrogens (tertiary/aromatic N) is 2. The van der Waals surface area contributed by atoms with Crippen LogP contribution in [0.3, 0.4) is 0 Å². The van der Waals surface area contributed by atoms with Gasteiger partial charge >= 0.3 is 6.09 Å². The first-order chi connectivity index (χ1) is 7.89. The molecule has 2 aliphatic rings. The molecule has 2 rings (SSSR count). The standard InChI is InChI=1S/C13H20N2O2/c1-13(2,3)17-12(16)15-7-10-4-9(6-14)5-11(10)8-15/h9-11H,4-5,7-8H2,1-3H3/t9?,10-,11+. The topological polar surface area (TPSA) is 53.3 Å². The molecule has 1 heterocycles. The van der Waals surface area contributed by atoms with Gasteiger partial charge in [-0.05, 0) is 45.4 Å². The van der Waals surface area contributed by atoms with Gasteiger partial charge in [0.15, 0.2) is 0 Å². The lowest BCUT2D eigenvalue weighted by Gasteiger charge is -2.25. The molecule has 1 saturated carbocycles. The van der Waals surface area contributed by atoms with Gasteiger partial charge in [0.2, 0.25) is 0 Å². The maximum Gasteiger partial charge on any atom is 0.410 e. The molecule has 0 N–H and O–H groups in total. The summed E-state index contributed by atoms with van der Waals surface area (Å²) in [6, 6.07) is 2.34. The fourth-order valence-electron chi connectivity index (χ4n) is 2.88. The highest BCUT2D eigenvalue weighted by Gasteiger charge is 2.43. The molecule has 0 aromatic heterocycles. The predicted molar refractivity (Wildman–Crippen MR) is 63.1 cm³/mol. The first kappa shape index (κ1) is 12.2. The Balaban J connectivity index is 1.89. The Labute approximate surface area is 103 Å². The van der Waals surface area contributed by atoms with E-state index in [4.69, 9.17) is 10.00 Å². The van der Waals surface area contributed by atoms with Crippen LogP contribution in [0.2, 0.25) is 0 Å². The van der Waals surface area contributed by atoms with Crippen LogP contribution in [0, 0.1) is 29.1 Å². The number of fused-ring (bicyclic) bond motifs is 1. The molecule has 0 aromatic carbocycles. The van der Waals surface area contributed by atoms with E-state index < -0.39 is 5.60 Å². The van der Waals surface area contributed by atoms with Crippen LogP contribution in [0.15, 0.2) is 0 Å². The molecule has 1 aliphatic heterocycles. The third kappa shape index (κ3) is 2.71. The van der Waals surface area contributed by atoms with Gasteiger partial charge in [0.25, 0.3) is 0 Å². The minimum atomic E-state index is -0.427. The third-order valence-corrected chi connectivity index (χ3v) is 3.59. The average Bonchev–Trinajstić information content (AvgIpc) is 2.70. The van der Waals surface area contributed by atoms with Crippen molar-refractivity contribution >= 4 is 6.09 Å². The monoisotopic (exact) mass is 236 g/mol. The molecule has 17 heavy (non-hydrogen) atoms. The number of nitriles is 1. The summed E-state index contributed by atoms with van der Waals surface area (Å²) in [4.78, 5) is 13.7. The highest BCUT2D eigenvalue weighted by Crippen LogP contribution is 2.41. The summed E-state index contributed by atoms with van der Waals surface area (Å²) in [5, 5.41) is 8.89. The van der Waals surface area contributed by atoms with Crippen LogP contribution < -0.4 is 0 Å². The van der Waals surface area contributed by atoms with E-state index in [-0.39, 0.29) is 12.0 Å². The van der Waals surface area contributed by atoms with Gasteiger partial charge in [0.05, 0.1) is 6.07 Å². The Bertz CT molecular complexity index is 339. The Morgan fingerprint density at radius 3 is 2.24 bits per heavy atom. The van der Waals surface area contributed by atoms with Crippen LogP contribution in [0.25, 0.3) is 0 Å². The summed E-state index contributed by atoms with van der Waals surface area (Å²) >= 11 is 0. The van der Waals surface area contributed by atoms with Gasteiger partial charge in [-0.2, -0.15) is 5.26 Å². The Morgan fingerprint density at radius 2 is 1.82 bits per heavy atom. The minimum Gasteiger partial charge on any atom is -0.444 e. The molecule has 2 fully saturated rings. The molecule has 0 aromatic rings. The first-order valence-electron chi connectivity index (χ1n) is 6.26. The van der Waals surface area contributed by atoms with Gasteiger partial charge in [-0.25, -0.2) is 4.79 Å². The zero-order chi connectivity index (χ0) is 12.6. The molecule has 3 atom stereocenters. The number of hydrogen-bond acceptors (Lipinski definition) is 3. The van der Waals surface area contributed by atoms with Crippen molar-refractivity contribution in [1.29, 1.82) is 5.26 Å². The molecule has 4 heteroatoms. The fraction of sp³-hybridized carbons (Fsp3) is 0.846. The van der Waals surface area contributed by atoms with Crippen LogP contribution in [-0.2, 0) is 4.74 Å². The van der Waals surface area contributed by atoms with Crippen LogP contribution >= 0.6 is 0 Å². The van der Waals surface area contributed by atoms with E-state index in [9.17, 15) is 4.79 Å². The van der Waals surface area contributed by atoms with Gasteiger partial charge in [0, 0.05) is 19.0 Å². The van der Waals surface area contributed by atoms with E-state index in [1.807, 2.05) is 20.8 Å². The van der Waals surface area contributed by atoms with Crippen molar-refractivity contribution in [1.82, 2.24) is 4.90 Å². The van der Waals surface area contributed by atoms with E-state index >= 15 is 0 Å². The van der Waals surface area contributed by atoms with Gasteiger partial charge in [0.1, 0.15) is 5.60 Å². The maximum absolute atomic E-state index is 11.9. The smallest absolute Gasteiger partial charge is 0.410 e. The van der Waals surface area contributed by atoms with E-state index in [0.29, 0.717) is 11.8 Å². The van der Waals surface area contributed by atoms with E-state index in [0.717, 1.165) is 25.9 Å². The summed E-state index contributed by atoms with van der Waals surface area (Å²) in [5.41, 5.74) is -0.427. The van der Waals surface area contributed by atoms with Crippen molar-refractivity contribution < 1.29 is 9.53 Å². The fourth-order valence-corrected chi connectivity index (χ4v) is 2.88. The molecule has 94 valence electrons. The van der Waals surface area contributed by atoms with Crippen molar-refractivity contribution in [2.24, 2.45) is 17.8 Å². The van der Waals surface area contributed by atoms with E-state index in [2.05, 4.69) is 6.07 Å². The Morgan fingerprint density at radius 1 is 1.29 bits per heavy atom. The number of carbonyl (C=O) groups is 1. The Kier molecular flexibility index (Phi) is 3.03. The number of rotatable bonds is 0. The number of amides is 1. The molecular weight excluding hydrogens is 216 g/mol. The molecule has 0 radical (unpaired) electrons. The lowest BCUT2D eigenvalue weighted by Crippen LogP contribution is -2.36. The molecule has 4 nitrogen and oxygen atoms in total. The van der Waals surface area contributed by atoms with Crippen LogP contribution in [-0.4, -0.2) is 29.7 Å². The average molecular weight is 236 g/mol. The summed E-state index contributed by atoms with van der Waals surface area (Å²) in [6.45, 7) is 7.17. The van der Waals surface area contributed by atoms with Crippen molar-refractivity contribution in [3.8, 4) is 6.07 Å². The summed E-state index contributed by atoms with van der Waals surface area (Å²) < 4.78 is 5.36. The molecule has 1 saturated heterocycles. The zero-order valence-corrected chi connectivity index (χ0v) is 10.8. The molecule has 1 unspecified atom stereocenters. The van der Waals surface area contributed by atoms with Gasteiger partial charge < -0.3 is 9.64 Å². The SMILES string of the molecule is CC(C)(C)OC(=O)N1C[C@H]2CC(C#N)C[C@H]2C1. The minimum absolute atomic E-state index is 0.200. The van der Waals surface area contributed by atoms with Crippen molar-refractivity contribution in [3.05, 3.63) is 0 Å². The number of hydrogen-bond donors (Lipinski definition) is 0. The summed E-state index contributed by atoms with van der Waals surface area (Å²) in [6.07, 6.45) is 1.68. The van der Waals surface area contributed by atoms with Crippen molar-refractivity contribution in [2.75, 3.05) is 13.1 Å². The van der Waals surface area contributed by atoms with Crippen molar-refractivity contribution in [2.45, 2.75) is 39.2 Å². The van der Waals surface area contributed by atoms with E-state index in [1.54, 1.807) is 4.90 Å².